The number of pyridine rings is 1. The van der Waals surface area contributed by atoms with E-state index in [9.17, 15) is 0 Å². The number of rotatable bonds is 2. The third-order valence-electron chi connectivity index (χ3n) is 5.45. The molecule has 1 aliphatic rings. The molecule has 126 valence electrons. The minimum Gasteiger partial charge on any atom is -0.399 e. The van der Waals surface area contributed by atoms with Crippen LogP contribution in [-0.2, 0) is 9.31 Å². The van der Waals surface area contributed by atoms with Crippen LogP contribution in [-0.4, -0.2) is 23.3 Å². The zero-order valence-corrected chi connectivity index (χ0v) is 15.7. The molecule has 2 aromatic rings. The van der Waals surface area contributed by atoms with E-state index in [1.165, 1.54) is 16.7 Å². The maximum atomic E-state index is 6.22. The van der Waals surface area contributed by atoms with Crippen LogP contribution < -0.4 is 5.46 Å². The van der Waals surface area contributed by atoms with E-state index >= 15 is 0 Å². The largest absolute Gasteiger partial charge is 0.495 e. The van der Waals surface area contributed by atoms with Crippen molar-refractivity contribution in [1.29, 1.82) is 0 Å². The van der Waals surface area contributed by atoms with E-state index in [1.807, 2.05) is 6.20 Å². The highest BCUT2D eigenvalue weighted by atomic mass is 16.7. The highest BCUT2D eigenvalue weighted by molar-refractivity contribution is 6.62. The molecule has 0 spiro atoms. The first kappa shape index (κ1) is 17.2. The molecule has 1 saturated heterocycles. The van der Waals surface area contributed by atoms with Crippen molar-refractivity contribution in [3.63, 3.8) is 0 Å². The molecular formula is C20H26BNO2. The third-order valence-corrected chi connectivity index (χ3v) is 5.45. The van der Waals surface area contributed by atoms with Gasteiger partial charge in [-0.05, 0) is 76.7 Å². The van der Waals surface area contributed by atoms with Gasteiger partial charge >= 0.3 is 7.12 Å². The van der Waals surface area contributed by atoms with E-state index in [0.717, 1.165) is 16.7 Å². The van der Waals surface area contributed by atoms with Crippen LogP contribution in [0.4, 0.5) is 0 Å². The van der Waals surface area contributed by atoms with Crippen LogP contribution in [0.15, 0.2) is 30.5 Å². The van der Waals surface area contributed by atoms with Crippen molar-refractivity contribution in [3.8, 4) is 11.3 Å². The average Bonchev–Trinajstić information content (AvgIpc) is 2.71. The van der Waals surface area contributed by atoms with Gasteiger partial charge in [-0.25, -0.2) is 0 Å². The molecule has 24 heavy (non-hydrogen) atoms. The number of aromatic nitrogens is 1. The molecule has 2 heterocycles. The Kier molecular flexibility index (Phi) is 4.09. The third kappa shape index (κ3) is 2.89. The first-order valence-corrected chi connectivity index (χ1v) is 8.50. The van der Waals surface area contributed by atoms with Crippen LogP contribution in [0.1, 0.15) is 44.4 Å². The van der Waals surface area contributed by atoms with Gasteiger partial charge in [-0.3, -0.25) is 4.98 Å². The first-order chi connectivity index (χ1) is 11.1. The lowest BCUT2D eigenvalue weighted by Gasteiger charge is -2.32. The molecule has 4 heteroatoms. The lowest BCUT2D eigenvalue weighted by Crippen LogP contribution is -2.41. The van der Waals surface area contributed by atoms with E-state index in [2.05, 4.69) is 77.7 Å². The zero-order chi connectivity index (χ0) is 17.7. The normalized spacial score (nSPS) is 18.9. The summed E-state index contributed by atoms with van der Waals surface area (Å²) in [5.74, 6) is 0. The topological polar surface area (TPSA) is 31.4 Å². The first-order valence-electron chi connectivity index (χ1n) is 8.50. The van der Waals surface area contributed by atoms with Crippen LogP contribution in [0.3, 0.4) is 0 Å². The summed E-state index contributed by atoms with van der Waals surface area (Å²) in [6.07, 6.45) is 1.93. The fourth-order valence-corrected chi connectivity index (χ4v) is 2.81. The number of hydrogen-bond donors (Lipinski definition) is 0. The van der Waals surface area contributed by atoms with Crippen LogP contribution in [0.2, 0.25) is 0 Å². The molecule has 0 atom stereocenters. The van der Waals surface area contributed by atoms with E-state index < -0.39 is 0 Å². The second-order valence-electron chi connectivity index (χ2n) is 7.81. The Bertz CT molecular complexity index is 767. The van der Waals surface area contributed by atoms with Crippen LogP contribution in [0.5, 0.6) is 0 Å². The quantitative estimate of drug-likeness (QED) is 0.784. The molecule has 0 amide bonds. The predicted molar refractivity (Wildman–Crippen MR) is 99.6 cm³/mol. The summed E-state index contributed by atoms with van der Waals surface area (Å²) in [5.41, 5.74) is 6.10. The van der Waals surface area contributed by atoms with E-state index in [4.69, 9.17) is 9.31 Å². The predicted octanol–water partition coefficient (Wildman–Crippen LogP) is 3.97. The second-order valence-corrected chi connectivity index (χ2v) is 7.81. The molecule has 1 aromatic carbocycles. The van der Waals surface area contributed by atoms with Crippen molar-refractivity contribution in [1.82, 2.24) is 4.98 Å². The monoisotopic (exact) mass is 323 g/mol. The molecule has 0 saturated carbocycles. The lowest BCUT2D eigenvalue weighted by molar-refractivity contribution is 0.00578. The van der Waals surface area contributed by atoms with Gasteiger partial charge in [0.15, 0.2) is 0 Å². The van der Waals surface area contributed by atoms with E-state index in [1.54, 1.807) is 0 Å². The fraction of sp³-hybridized carbons (Fsp3) is 0.450. The zero-order valence-electron chi connectivity index (χ0n) is 15.7. The minimum absolute atomic E-state index is 0.335. The molecule has 1 fully saturated rings. The van der Waals surface area contributed by atoms with Gasteiger partial charge in [0.05, 0.1) is 16.9 Å². The molecule has 0 bridgehead atoms. The van der Waals surface area contributed by atoms with Gasteiger partial charge in [0.2, 0.25) is 0 Å². The molecule has 1 aromatic heterocycles. The van der Waals surface area contributed by atoms with Gasteiger partial charge in [0.1, 0.15) is 0 Å². The van der Waals surface area contributed by atoms with Crippen LogP contribution >= 0.6 is 0 Å². The Morgan fingerprint density at radius 1 is 0.833 bits per heavy atom. The average molecular weight is 323 g/mol. The summed E-state index contributed by atoms with van der Waals surface area (Å²) >= 11 is 0. The standard InChI is InChI=1S/C20H26BNO2/c1-13-8-9-16(18-10-14(2)15(3)12-22-18)11-17(13)21-23-19(4,5)20(6,7)24-21/h8-12H,1-7H3. The van der Waals surface area contributed by atoms with Gasteiger partial charge in [0, 0.05) is 6.20 Å². The maximum absolute atomic E-state index is 6.22. The van der Waals surface area contributed by atoms with Gasteiger partial charge in [-0.15, -0.1) is 0 Å². The van der Waals surface area contributed by atoms with Crippen molar-refractivity contribution in [2.75, 3.05) is 0 Å². The summed E-state index contributed by atoms with van der Waals surface area (Å²) in [4.78, 5) is 4.58. The van der Waals surface area contributed by atoms with Crippen LogP contribution in [0.25, 0.3) is 11.3 Å². The van der Waals surface area contributed by atoms with Gasteiger partial charge in [-0.1, -0.05) is 23.8 Å². The molecule has 0 unspecified atom stereocenters. The van der Waals surface area contributed by atoms with Crippen molar-refractivity contribution in [2.45, 2.75) is 59.7 Å². The van der Waals surface area contributed by atoms with Crippen molar-refractivity contribution in [2.24, 2.45) is 0 Å². The fourth-order valence-electron chi connectivity index (χ4n) is 2.81. The minimum atomic E-state index is -0.346. The Labute approximate surface area is 145 Å². The summed E-state index contributed by atoms with van der Waals surface area (Å²) in [7, 11) is -0.346. The second kappa shape index (κ2) is 5.71. The van der Waals surface area contributed by atoms with E-state index in [-0.39, 0.29) is 18.3 Å². The number of benzene rings is 1. The number of hydrogen-bond acceptors (Lipinski definition) is 3. The van der Waals surface area contributed by atoms with Crippen LogP contribution in [0, 0.1) is 20.8 Å². The smallest absolute Gasteiger partial charge is 0.399 e. The summed E-state index contributed by atoms with van der Waals surface area (Å²) in [6, 6.07) is 8.51. The number of aryl methyl sites for hydroxylation is 3. The van der Waals surface area contributed by atoms with Crippen molar-refractivity contribution < 1.29 is 9.31 Å². The molecule has 0 N–H and O–H groups in total. The molecule has 3 rings (SSSR count). The van der Waals surface area contributed by atoms with Gasteiger partial charge in [0.25, 0.3) is 0 Å². The maximum Gasteiger partial charge on any atom is 0.495 e. The highest BCUT2D eigenvalue weighted by Crippen LogP contribution is 2.37. The molecule has 0 radical (unpaired) electrons. The SMILES string of the molecule is Cc1cnc(-c2ccc(C)c(B3OC(C)(C)C(C)(C)O3)c2)cc1C. The molecule has 3 nitrogen and oxygen atoms in total. The Morgan fingerprint density at radius 3 is 2.04 bits per heavy atom. The summed E-state index contributed by atoms with van der Waals surface area (Å²) in [5, 5.41) is 0. The molecule has 1 aliphatic heterocycles. The summed E-state index contributed by atoms with van der Waals surface area (Å²) in [6.45, 7) is 14.6. The van der Waals surface area contributed by atoms with E-state index in [0.29, 0.717) is 0 Å². The molecule has 0 aliphatic carbocycles. The molecular weight excluding hydrogens is 297 g/mol. The Hall–Kier alpha value is -1.65. The van der Waals surface area contributed by atoms with Crippen molar-refractivity contribution >= 4 is 12.6 Å². The highest BCUT2D eigenvalue weighted by Gasteiger charge is 2.52. The Balaban J connectivity index is 2.00. The Morgan fingerprint density at radius 2 is 1.46 bits per heavy atom. The lowest BCUT2D eigenvalue weighted by atomic mass is 9.75. The summed E-state index contributed by atoms with van der Waals surface area (Å²) < 4.78 is 12.4. The van der Waals surface area contributed by atoms with Crippen molar-refractivity contribution in [3.05, 3.63) is 47.2 Å². The number of nitrogens with zero attached hydrogens (tertiary/aromatic N) is 1. The van der Waals surface area contributed by atoms with Gasteiger partial charge < -0.3 is 9.31 Å². The van der Waals surface area contributed by atoms with Gasteiger partial charge in [-0.2, -0.15) is 0 Å².